The van der Waals surface area contributed by atoms with Gasteiger partial charge in [-0.15, -0.1) is 23.4 Å². The summed E-state index contributed by atoms with van der Waals surface area (Å²) >= 11 is 8.22. The number of urea groups is 1. The van der Waals surface area contributed by atoms with Gasteiger partial charge in [0.1, 0.15) is 23.4 Å². The zero-order valence-corrected chi connectivity index (χ0v) is 15.7. The summed E-state index contributed by atoms with van der Waals surface area (Å²) in [7, 11) is 0. The van der Waals surface area contributed by atoms with Gasteiger partial charge in [0.25, 0.3) is 5.91 Å². The minimum absolute atomic E-state index is 0.0232. The Labute approximate surface area is 161 Å². The van der Waals surface area contributed by atoms with Crippen LogP contribution in [-0.2, 0) is 9.59 Å². The summed E-state index contributed by atoms with van der Waals surface area (Å²) < 4.78 is 0. The molecule has 1 saturated heterocycles. The second-order valence-electron chi connectivity index (χ2n) is 5.31. The maximum Gasteiger partial charge on any atom is 0.352 e. The number of hydrogen-bond acceptors (Lipinski definition) is 7. The van der Waals surface area contributed by atoms with E-state index in [4.69, 9.17) is 11.6 Å². The molecular weight excluding hydrogens is 404 g/mol. The van der Waals surface area contributed by atoms with E-state index in [9.17, 15) is 19.5 Å². The van der Waals surface area contributed by atoms with E-state index in [0.29, 0.717) is 22.2 Å². The number of nitrogens with one attached hydrogen (secondary N) is 3. The van der Waals surface area contributed by atoms with Crippen molar-refractivity contribution in [3.05, 3.63) is 17.6 Å². The number of thioether (sulfide) groups is 2. The molecule has 0 aromatic carbocycles. The molecule has 10 nitrogen and oxygen atoms in total. The molecular formula is C13H15ClN6O4S2. The van der Waals surface area contributed by atoms with Gasteiger partial charge in [-0.3, -0.25) is 14.8 Å². The third-order valence-electron chi connectivity index (χ3n) is 3.69. The number of alkyl halides is 1. The average Bonchev–Trinajstić information content (AvgIpc) is 3.15. The summed E-state index contributed by atoms with van der Waals surface area (Å²) in [5, 5.41) is 21.2. The number of amides is 3. The number of carbonyl (C=O) groups is 3. The number of rotatable bonds is 7. The third-order valence-corrected chi connectivity index (χ3v) is 6.18. The molecule has 2 aliphatic rings. The SMILES string of the molecule is O=C(NCCCl)NC1C(=O)N2C(C(=O)O)=C(CSc3ncn[nH]3)CS[C@@H]12. The number of aromatic nitrogens is 3. The van der Waals surface area contributed by atoms with Gasteiger partial charge in [0, 0.05) is 23.9 Å². The zero-order chi connectivity index (χ0) is 18.7. The molecule has 0 bridgehead atoms. The van der Waals surface area contributed by atoms with Crippen molar-refractivity contribution in [2.75, 3.05) is 23.9 Å². The maximum absolute atomic E-state index is 12.4. The van der Waals surface area contributed by atoms with Crippen LogP contribution in [0.1, 0.15) is 0 Å². The fourth-order valence-corrected chi connectivity index (χ4v) is 4.93. The lowest BCUT2D eigenvalue weighted by Gasteiger charge is -2.49. The number of halogens is 1. The number of fused-ring (bicyclic) bond motifs is 1. The van der Waals surface area contributed by atoms with Gasteiger partial charge in [0.15, 0.2) is 5.16 Å². The van der Waals surface area contributed by atoms with E-state index >= 15 is 0 Å². The van der Waals surface area contributed by atoms with Crippen LogP contribution in [-0.4, -0.2) is 78.4 Å². The number of carboxylic acid groups (broad SMARTS) is 1. The highest BCUT2D eigenvalue weighted by molar-refractivity contribution is 8.01. The molecule has 2 aliphatic heterocycles. The Kier molecular flexibility index (Phi) is 5.94. The normalized spacial score (nSPS) is 21.9. The van der Waals surface area contributed by atoms with Crippen molar-refractivity contribution in [3.63, 3.8) is 0 Å². The molecule has 140 valence electrons. The molecule has 0 aliphatic carbocycles. The molecule has 13 heteroatoms. The van der Waals surface area contributed by atoms with Crippen molar-refractivity contribution in [1.29, 1.82) is 0 Å². The van der Waals surface area contributed by atoms with Crippen LogP contribution in [0, 0.1) is 0 Å². The van der Waals surface area contributed by atoms with E-state index in [1.807, 2.05) is 0 Å². The fraction of sp³-hybridized carbons (Fsp3) is 0.462. The van der Waals surface area contributed by atoms with Gasteiger partial charge in [0.2, 0.25) is 0 Å². The highest BCUT2D eigenvalue weighted by Gasteiger charge is 2.54. The number of β-lactam (4-membered cyclic amide) rings is 1. The Morgan fingerprint density at radius 3 is 3.00 bits per heavy atom. The number of aliphatic carboxylic acids is 1. The quantitative estimate of drug-likeness (QED) is 0.277. The standard InChI is InChI=1S/C13H15ClN6O4S2/c14-1-2-15-12(24)18-7-9(21)20-8(11(22)23)6(3-25-10(7)20)4-26-13-16-5-17-19-13/h5,7,10H,1-4H2,(H,22,23)(H2,15,18,24)(H,16,17,19)/t7?,10-/m0/s1. The third kappa shape index (κ3) is 3.76. The molecule has 0 radical (unpaired) electrons. The van der Waals surface area contributed by atoms with E-state index in [0.717, 1.165) is 0 Å². The van der Waals surface area contributed by atoms with Crippen molar-refractivity contribution in [2.45, 2.75) is 16.6 Å². The van der Waals surface area contributed by atoms with Crippen molar-refractivity contribution < 1.29 is 19.5 Å². The van der Waals surface area contributed by atoms with E-state index in [-0.39, 0.29) is 18.1 Å². The molecule has 4 N–H and O–H groups in total. The van der Waals surface area contributed by atoms with Crippen LogP contribution in [0.3, 0.4) is 0 Å². The average molecular weight is 419 g/mol. The fourth-order valence-electron chi connectivity index (χ4n) is 2.57. The number of aromatic amines is 1. The Hall–Kier alpha value is -1.92. The summed E-state index contributed by atoms with van der Waals surface area (Å²) in [6.45, 7) is 0.277. The molecule has 1 unspecified atom stereocenters. The largest absolute Gasteiger partial charge is 0.477 e. The van der Waals surface area contributed by atoms with Crippen LogP contribution in [0.2, 0.25) is 0 Å². The molecule has 1 aromatic heterocycles. The summed E-state index contributed by atoms with van der Waals surface area (Å²) in [6, 6.07) is -1.26. The second-order valence-corrected chi connectivity index (χ2v) is 7.76. The van der Waals surface area contributed by atoms with Gasteiger partial charge in [-0.05, 0) is 5.57 Å². The van der Waals surface area contributed by atoms with Crippen LogP contribution >= 0.6 is 35.1 Å². The Morgan fingerprint density at radius 1 is 1.54 bits per heavy atom. The van der Waals surface area contributed by atoms with Crippen LogP contribution in [0.15, 0.2) is 22.8 Å². The van der Waals surface area contributed by atoms with Crippen LogP contribution in [0.25, 0.3) is 0 Å². The number of nitrogens with zero attached hydrogens (tertiary/aromatic N) is 3. The van der Waals surface area contributed by atoms with Gasteiger partial charge in [-0.1, -0.05) is 11.8 Å². The molecule has 26 heavy (non-hydrogen) atoms. The topological polar surface area (TPSA) is 140 Å². The lowest BCUT2D eigenvalue weighted by molar-refractivity contribution is -0.148. The molecule has 2 atom stereocenters. The number of carbonyl (C=O) groups excluding carboxylic acids is 2. The van der Waals surface area contributed by atoms with Gasteiger partial charge < -0.3 is 15.7 Å². The van der Waals surface area contributed by atoms with Crippen LogP contribution in [0.5, 0.6) is 0 Å². The number of carboxylic acids is 1. The van der Waals surface area contributed by atoms with Gasteiger partial charge >= 0.3 is 12.0 Å². The first kappa shape index (κ1) is 18.9. The van der Waals surface area contributed by atoms with Gasteiger partial charge in [-0.25, -0.2) is 14.6 Å². The lowest BCUT2D eigenvalue weighted by atomic mass is 10.0. The first-order valence-electron chi connectivity index (χ1n) is 7.51. The summed E-state index contributed by atoms with van der Waals surface area (Å²) in [4.78, 5) is 41.1. The minimum Gasteiger partial charge on any atom is -0.477 e. The van der Waals surface area contributed by atoms with Crippen molar-refractivity contribution in [2.24, 2.45) is 0 Å². The summed E-state index contributed by atoms with van der Waals surface area (Å²) in [6.07, 6.45) is 1.37. The lowest BCUT2D eigenvalue weighted by Crippen LogP contribution is -2.71. The van der Waals surface area contributed by atoms with E-state index in [1.54, 1.807) is 0 Å². The molecule has 1 fully saturated rings. The molecule has 0 saturated carbocycles. The van der Waals surface area contributed by atoms with E-state index in [1.165, 1.54) is 34.8 Å². The predicted molar refractivity (Wildman–Crippen MR) is 95.9 cm³/mol. The highest BCUT2D eigenvalue weighted by Crippen LogP contribution is 2.41. The smallest absolute Gasteiger partial charge is 0.352 e. The van der Waals surface area contributed by atoms with E-state index in [2.05, 4.69) is 25.8 Å². The number of hydrogen-bond donors (Lipinski definition) is 4. The Balaban J connectivity index is 1.69. The molecule has 1 aromatic rings. The van der Waals surface area contributed by atoms with Crippen LogP contribution in [0.4, 0.5) is 4.79 Å². The minimum atomic E-state index is -1.16. The second kappa shape index (κ2) is 8.18. The number of H-pyrrole nitrogens is 1. The molecule has 0 spiro atoms. The summed E-state index contributed by atoms with van der Waals surface area (Å²) in [5.41, 5.74) is 0.600. The predicted octanol–water partition coefficient (Wildman–Crippen LogP) is 0.0572. The maximum atomic E-state index is 12.4. The molecule has 3 amide bonds. The molecule has 3 heterocycles. The monoisotopic (exact) mass is 418 g/mol. The Morgan fingerprint density at radius 2 is 2.35 bits per heavy atom. The van der Waals surface area contributed by atoms with Gasteiger partial charge in [0.05, 0.1) is 0 Å². The van der Waals surface area contributed by atoms with Crippen molar-refractivity contribution in [1.82, 2.24) is 30.7 Å². The van der Waals surface area contributed by atoms with E-state index < -0.39 is 29.3 Å². The molecule has 3 rings (SSSR count). The van der Waals surface area contributed by atoms with Gasteiger partial charge in [-0.2, -0.15) is 5.10 Å². The van der Waals surface area contributed by atoms with Crippen LogP contribution < -0.4 is 10.6 Å². The highest BCUT2D eigenvalue weighted by atomic mass is 35.5. The summed E-state index contributed by atoms with van der Waals surface area (Å²) in [5.74, 6) is -0.536. The van der Waals surface area contributed by atoms with Crippen molar-refractivity contribution >= 4 is 53.0 Å². The first-order chi connectivity index (χ1) is 12.5. The Bertz CT molecular complexity index is 743. The van der Waals surface area contributed by atoms with Crippen molar-refractivity contribution in [3.8, 4) is 0 Å². The first-order valence-corrected chi connectivity index (χ1v) is 10.1. The zero-order valence-electron chi connectivity index (χ0n) is 13.3.